The molecule has 16 heavy (non-hydrogen) atoms. The Balaban J connectivity index is 2.47. The van der Waals surface area contributed by atoms with Gasteiger partial charge in [-0.25, -0.2) is 4.79 Å². The van der Waals surface area contributed by atoms with E-state index in [0.29, 0.717) is 23.9 Å². The number of benzene rings is 1. The summed E-state index contributed by atoms with van der Waals surface area (Å²) in [6.45, 7) is 2.15. The van der Waals surface area contributed by atoms with Crippen LogP contribution < -0.4 is 14.2 Å². The highest BCUT2D eigenvalue weighted by Crippen LogP contribution is 2.40. The van der Waals surface area contributed by atoms with Crippen LogP contribution in [0.15, 0.2) is 12.1 Å². The van der Waals surface area contributed by atoms with Gasteiger partial charge in [0, 0.05) is 0 Å². The molecule has 0 aromatic heterocycles. The van der Waals surface area contributed by atoms with Gasteiger partial charge in [0.15, 0.2) is 11.5 Å². The third-order valence-corrected chi connectivity index (χ3v) is 2.20. The number of ether oxygens (including phenoxy) is 4. The first kappa shape index (κ1) is 10.6. The Bertz CT molecular complexity index is 413. The van der Waals surface area contributed by atoms with Gasteiger partial charge in [-0.05, 0) is 19.1 Å². The van der Waals surface area contributed by atoms with Crippen molar-refractivity contribution in [1.29, 1.82) is 0 Å². The summed E-state index contributed by atoms with van der Waals surface area (Å²) >= 11 is 0. The van der Waals surface area contributed by atoms with E-state index < -0.39 is 5.97 Å². The molecule has 0 N–H and O–H groups in total. The molecule has 1 aliphatic heterocycles. The molecule has 5 nitrogen and oxygen atoms in total. The number of carbonyl (C=O) groups excluding carboxylic acids is 1. The van der Waals surface area contributed by atoms with Crippen molar-refractivity contribution < 1.29 is 23.7 Å². The molecule has 0 fully saturated rings. The van der Waals surface area contributed by atoms with Gasteiger partial charge in [0.05, 0.1) is 13.7 Å². The Morgan fingerprint density at radius 3 is 2.94 bits per heavy atom. The third-order valence-electron chi connectivity index (χ3n) is 2.20. The summed E-state index contributed by atoms with van der Waals surface area (Å²) in [7, 11) is 1.49. The first-order valence-electron chi connectivity index (χ1n) is 4.91. The summed E-state index contributed by atoms with van der Waals surface area (Å²) in [6, 6.07) is 3.35. The zero-order valence-corrected chi connectivity index (χ0v) is 9.11. The summed E-state index contributed by atoms with van der Waals surface area (Å²) < 4.78 is 20.5. The van der Waals surface area contributed by atoms with Crippen molar-refractivity contribution >= 4 is 5.97 Å². The van der Waals surface area contributed by atoms with Crippen molar-refractivity contribution in [2.75, 3.05) is 20.5 Å². The molecular formula is C11H12O5. The van der Waals surface area contributed by atoms with Gasteiger partial charge in [0.25, 0.3) is 0 Å². The molecule has 0 spiro atoms. The second-order valence-corrected chi connectivity index (χ2v) is 3.10. The van der Waals surface area contributed by atoms with E-state index in [2.05, 4.69) is 0 Å². The van der Waals surface area contributed by atoms with E-state index in [4.69, 9.17) is 18.9 Å². The van der Waals surface area contributed by atoms with Crippen LogP contribution in [-0.4, -0.2) is 26.5 Å². The van der Waals surface area contributed by atoms with Gasteiger partial charge in [-0.2, -0.15) is 0 Å². The minimum absolute atomic E-state index is 0.106. The van der Waals surface area contributed by atoms with E-state index in [1.807, 2.05) is 0 Å². The summed E-state index contributed by atoms with van der Waals surface area (Å²) in [4.78, 5) is 11.7. The molecule has 5 heteroatoms. The molecule has 0 radical (unpaired) electrons. The number of esters is 1. The zero-order valence-electron chi connectivity index (χ0n) is 9.11. The van der Waals surface area contributed by atoms with Crippen LogP contribution in [0.25, 0.3) is 0 Å². The van der Waals surface area contributed by atoms with E-state index in [-0.39, 0.29) is 12.4 Å². The maximum absolute atomic E-state index is 11.7. The molecule has 0 aliphatic carbocycles. The molecule has 86 valence electrons. The lowest BCUT2D eigenvalue weighted by atomic mass is 10.1. The predicted molar refractivity (Wildman–Crippen MR) is 55.1 cm³/mol. The minimum Gasteiger partial charge on any atom is -0.496 e. The summed E-state index contributed by atoms with van der Waals surface area (Å²) in [5, 5.41) is 0. The molecule has 0 bridgehead atoms. The molecule has 0 unspecified atom stereocenters. The molecule has 0 saturated carbocycles. The highest BCUT2D eigenvalue weighted by molar-refractivity contribution is 5.97. The van der Waals surface area contributed by atoms with E-state index >= 15 is 0 Å². The van der Waals surface area contributed by atoms with E-state index in [0.717, 1.165) is 0 Å². The van der Waals surface area contributed by atoms with E-state index in [1.54, 1.807) is 19.1 Å². The van der Waals surface area contributed by atoms with Crippen molar-refractivity contribution in [2.45, 2.75) is 6.92 Å². The summed E-state index contributed by atoms with van der Waals surface area (Å²) in [5.41, 5.74) is 0.277. The fourth-order valence-electron chi connectivity index (χ4n) is 1.52. The number of hydrogen-bond donors (Lipinski definition) is 0. The Morgan fingerprint density at radius 2 is 2.25 bits per heavy atom. The van der Waals surface area contributed by atoms with Gasteiger partial charge in [-0.3, -0.25) is 0 Å². The second kappa shape index (κ2) is 4.30. The lowest BCUT2D eigenvalue weighted by Crippen LogP contribution is -2.08. The Hall–Kier alpha value is -1.91. The van der Waals surface area contributed by atoms with Gasteiger partial charge in [0.2, 0.25) is 6.79 Å². The Labute approximate surface area is 92.9 Å². The largest absolute Gasteiger partial charge is 0.496 e. The topological polar surface area (TPSA) is 54.0 Å². The highest BCUT2D eigenvalue weighted by atomic mass is 16.7. The zero-order chi connectivity index (χ0) is 11.5. The smallest absolute Gasteiger partial charge is 0.345 e. The molecule has 2 rings (SSSR count). The maximum atomic E-state index is 11.7. The number of hydrogen-bond acceptors (Lipinski definition) is 5. The minimum atomic E-state index is -0.471. The van der Waals surface area contributed by atoms with Crippen LogP contribution in [0.5, 0.6) is 17.2 Å². The fraction of sp³-hybridized carbons (Fsp3) is 0.364. The predicted octanol–water partition coefficient (Wildman–Crippen LogP) is 1.60. The van der Waals surface area contributed by atoms with Gasteiger partial charge in [0.1, 0.15) is 11.3 Å². The number of methoxy groups -OCH3 is 1. The molecule has 1 aliphatic rings. The first-order chi connectivity index (χ1) is 7.77. The van der Waals surface area contributed by atoms with Crippen molar-refractivity contribution in [2.24, 2.45) is 0 Å². The molecule has 1 aromatic carbocycles. The fourth-order valence-corrected chi connectivity index (χ4v) is 1.52. The Morgan fingerprint density at radius 1 is 1.44 bits per heavy atom. The normalized spacial score (nSPS) is 12.4. The van der Waals surface area contributed by atoms with Crippen molar-refractivity contribution in [3.63, 3.8) is 0 Å². The van der Waals surface area contributed by atoms with Gasteiger partial charge < -0.3 is 18.9 Å². The second-order valence-electron chi connectivity index (χ2n) is 3.10. The summed E-state index contributed by atoms with van der Waals surface area (Å²) in [6.07, 6.45) is 0. The van der Waals surface area contributed by atoms with Gasteiger partial charge in [-0.1, -0.05) is 0 Å². The first-order valence-corrected chi connectivity index (χ1v) is 4.91. The van der Waals surface area contributed by atoms with E-state index in [1.165, 1.54) is 7.11 Å². The van der Waals surface area contributed by atoms with Crippen molar-refractivity contribution in [1.82, 2.24) is 0 Å². The number of fused-ring (bicyclic) bond motifs is 1. The molecular weight excluding hydrogens is 212 g/mol. The summed E-state index contributed by atoms with van der Waals surface area (Å²) in [5.74, 6) is 0.867. The maximum Gasteiger partial charge on any atom is 0.345 e. The van der Waals surface area contributed by atoms with Crippen LogP contribution in [-0.2, 0) is 4.74 Å². The third kappa shape index (κ3) is 1.64. The molecule has 1 heterocycles. The molecule has 0 atom stereocenters. The van der Waals surface area contributed by atoms with Crippen molar-refractivity contribution in [3.05, 3.63) is 17.7 Å². The standard InChI is InChI=1S/C11H12O5/c1-3-14-11(12)9-7(13-2)4-5-8-10(9)16-6-15-8/h4-5H,3,6H2,1-2H3. The van der Waals surface area contributed by atoms with Crippen molar-refractivity contribution in [3.8, 4) is 17.2 Å². The number of rotatable bonds is 3. The van der Waals surface area contributed by atoms with Gasteiger partial charge >= 0.3 is 5.97 Å². The van der Waals surface area contributed by atoms with Crippen LogP contribution in [0.1, 0.15) is 17.3 Å². The van der Waals surface area contributed by atoms with Crippen LogP contribution in [0.2, 0.25) is 0 Å². The SMILES string of the molecule is CCOC(=O)c1c(OC)ccc2c1OCO2. The van der Waals surface area contributed by atoms with E-state index in [9.17, 15) is 4.79 Å². The molecule has 1 aromatic rings. The monoisotopic (exact) mass is 224 g/mol. The number of carbonyl (C=O) groups is 1. The molecule has 0 amide bonds. The lowest BCUT2D eigenvalue weighted by Gasteiger charge is -2.09. The van der Waals surface area contributed by atoms with Crippen LogP contribution in [0, 0.1) is 0 Å². The van der Waals surface area contributed by atoms with Crippen LogP contribution in [0.3, 0.4) is 0 Å². The lowest BCUT2D eigenvalue weighted by molar-refractivity contribution is 0.0518. The average molecular weight is 224 g/mol. The highest BCUT2D eigenvalue weighted by Gasteiger charge is 2.27. The van der Waals surface area contributed by atoms with Crippen LogP contribution in [0.4, 0.5) is 0 Å². The average Bonchev–Trinajstić information content (AvgIpc) is 2.75. The molecule has 0 saturated heterocycles. The Kier molecular flexibility index (Phi) is 2.85. The van der Waals surface area contributed by atoms with Crippen LogP contribution >= 0.6 is 0 Å². The quantitative estimate of drug-likeness (QED) is 0.730. The van der Waals surface area contributed by atoms with Gasteiger partial charge in [-0.15, -0.1) is 0 Å².